The van der Waals surface area contributed by atoms with Crippen molar-refractivity contribution in [3.05, 3.63) is 16.3 Å². The van der Waals surface area contributed by atoms with Crippen LogP contribution in [-0.2, 0) is 0 Å². The van der Waals surface area contributed by atoms with Gasteiger partial charge in [0.2, 0.25) is 0 Å². The van der Waals surface area contributed by atoms with Crippen molar-refractivity contribution in [2.45, 2.75) is 18.4 Å². The van der Waals surface area contributed by atoms with E-state index in [-0.39, 0.29) is 18.1 Å². The molecule has 1 aromatic rings. The molecule has 2 rings (SSSR count). The Balaban J connectivity index is 2.01. The Morgan fingerprint density at radius 1 is 1.73 bits per heavy atom. The van der Waals surface area contributed by atoms with E-state index in [4.69, 9.17) is 9.84 Å². The van der Waals surface area contributed by atoms with Gasteiger partial charge in [-0.1, -0.05) is 0 Å². The van der Waals surface area contributed by atoms with Crippen molar-refractivity contribution >= 4 is 17.2 Å². The quantitative estimate of drug-likeness (QED) is 0.807. The first-order valence-corrected chi connectivity index (χ1v) is 5.63. The first-order chi connectivity index (χ1) is 7.19. The molecule has 0 saturated heterocycles. The molecule has 1 heterocycles. The number of aliphatic hydroxyl groups is 1. The third kappa shape index (κ3) is 2.13. The lowest BCUT2D eigenvalue weighted by atomic mass is 10.3. The Morgan fingerprint density at radius 3 is 2.93 bits per heavy atom. The second-order valence-corrected chi connectivity index (χ2v) is 4.65. The Hall–Kier alpha value is -1.07. The predicted octanol–water partition coefficient (Wildman–Crippen LogP) is 1.01. The van der Waals surface area contributed by atoms with Gasteiger partial charge in [0, 0.05) is 11.4 Å². The van der Waals surface area contributed by atoms with Crippen LogP contribution in [0.5, 0.6) is 5.75 Å². The van der Waals surface area contributed by atoms with Crippen LogP contribution >= 0.6 is 11.3 Å². The fourth-order valence-electron chi connectivity index (χ4n) is 1.32. The number of aliphatic hydroxyl groups excluding tert-OH is 1. The minimum absolute atomic E-state index is 0.0151. The van der Waals surface area contributed by atoms with Gasteiger partial charge in [-0.25, -0.2) is 0 Å². The number of nitrogens with one attached hydrogen (secondary N) is 1. The number of rotatable bonds is 4. The van der Waals surface area contributed by atoms with Crippen LogP contribution in [0, 0.1) is 0 Å². The summed E-state index contributed by atoms with van der Waals surface area (Å²) in [5, 5.41) is 13.7. The highest BCUT2D eigenvalue weighted by Gasteiger charge is 2.43. The highest BCUT2D eigenvalue weighted by Crippen LogP contribution is 2.35. The number of methoxy groups -OCH3 is 1. The minimum Gasteiger partial charge on any atom is -0.496 e. The van der Waals surface area contributed by atoms with Gasteiger partial charge in [-0.05, 0) is 12.8 Å². The maximum Gasteiger partial charge on any atom is 0.261 e. The van der Waals surface area contributed by atoms with Crippen LogP contribution in [0.4, 0.5) is 0 Å². The Morgan fingerprint density at radius 2 is 2.47 bits per heavy atom. The van der Waals surface area contributed by atoms with Crippen molar-refractivity contribution in [1.82, 2.24) is 5.32 Å². The van der Waals surface area contributed by atoms with E-state index in [1.165, 1.54) is 11.3 Å². The standard InChI is InChI=1S/C10H13NO3S/c1-14-7-4-8(15-5-7)9(13)11-10(6-12)2-3-10/h4-5,12H,2-3,6H2,1H3,(H,11,13). The summed E-state index contributed by atoms with van der Waals surface area (Å²) in [6.07, 6.45) is 1.72. The summed E-state index contributed by atoms with van der Waals surface area (Å²) in [6, 6.07) is 1.70. The van der Waals surface area contributed by atoms with Crippen molar-refractivity contribution in [3.63, 3.8) is 0 Å². The Kier molecular flexibility index (Phi) is 2.67. The molecule has 82 valence electrons. The Labute approximate surface area is 91.9 Å². The molecule has 0 unspecified atom stereocenters. The van der Waals surface area contributed by atoms with Crippen LogP contribution in [0.1, 0.15) is 22.5 Å². The van der Waals surface area contributed by atoms with Gasteiger partial charge in [0.05, 0.1) is 24.1 Å². The fraction of sp³-hybridized carbons (Fsp3) is 0.500. The zero-order valence-corrected chi connectivity index (χ0v) is 9.26. The summed E-state index contributed by atoms with van der Waals surface area (Å²) >= 11 is 1.34. The van der Waals surface area contributed by atoms with Crippen molar-refractivity contribution in [2.24, 2.45) is 0 Å². The van der Waals surface area contributed by atoms with E-state index >= 15 is 0 Å². The van der Waals surface area contributed by atoms with Crippen LogP contribution in [0.3, 0.4) is 0 Å². The summed E-state index contributed by atoms with van der Waals surface area (Å²) in [6.45, 7) is 0.0151. The normalized spacial score (nSPS) is 17.2. The van der Waals surface area contributed by atoms with E-state index in [2.05, 4.69) is 5.32 Å². The lowest BCUT2D eigenvalue weighted by Gasteiger charge is -2.12. The molecule has 0 spiro atoms. The zero-order valence-electron chi connectivity index (χ0n) is 8.45. The van der Waals surface area contributed by atoms with E-state index in [9.17, 15) is 4.79 Å². The molecule has 2 N–H and O–H groups in total. The lowest BCUT2D eigenvalue weighted by molar-refractivity contribution is 0.0910. The molecule has 1 aliphatic carbocycles. The summed E-state index contributed by atoms with van der Waals surface area (Å²) in [5.41, 5.74) is -0.353. The fourth-order valence-corrected chi connectivity index (χ4v) is 2.07. The van der Waals surface area contributed by atoms with Gasteiger partial charge in [-0.3, -0.25) is 4.79 Å². The van der Waals surface area contributed by atoms with Gasteiger partial charge in [-0.15, -0.1) is 11.3 Å². The number of hydrogen-bond acceptors (Lipinski definition) is 4. The average Bonchev–Trinajstić information content (AvgIpc) is 2.85. The molecule has 0 atom stereocenters. The van der Waals surface area contributed by atoms with Crippen LogP contribution < -0.4 is 10.1 Å². The number of ether oxygens (including phenoxy) is 1. The Bertz CT molecular complexity index is 370. The predicted molar refractivity (Wildman–Crippen MR) is 57.4 cm³/mol. The van der Waals surface area contributed by atoms with Crippen molar-refractivity contribution in [1.29, 1.82) is 0 Å². The minimum atomic E-state index is -0.353. The van der Waals surface area contributed by atoms with Crippen molar-refractivity contribution in [3.8, 4) is 5.75 Å². The van der Waals surface area contributed by atoms with Gasteiger partial charge in [0.15, 0.2) is 0 Å². The third-order valence-electron chi connectivity index (χ3n) is 2.57. The molecule has 0 bridgehead atoms. The molecule has 0 aromatic carbocycles. The molecule has 1 aromatic heterocycles. The number of thiophene rings is 1. The van der Waals surface area contributed by atoms with E-state index in [1.54, 1.807) is 18.6 Å². The van der Waals surface area contributed by atoms with Gasteiger partial charge < -0.3 is 15.2 Å². The van der Waals surface area contributed by atoms with Crippen molar-refractivity contribution in [2.75, 3.05) is 13.7 Å². The summed E-state index contributed by atoms with van der Waals surface area (Å²) in [7, 11) is 1.57. The monoisotopic (exact) mass is 227 g/mol. The van der Waals surface area contributed by atoms with Crippen LogP contribution in [0.25, 0.3) is 0 Å². The van der Waals surface area contributed by atoms with E-state index in [0.717, 1.165) is 12.8 Å². The molecule has 4 nitrogen and oxygen atoms in total. The molecule has 1 amide bonds. The molecular weight excluding hydrogens is 214 g/mol. The van der Waals surface area contributed by atoms with E-state index in [0.29, 0.717) is 10.6 Å². The molecule has 1 saturated carbocycles. The van der Waals surface area contributed by atoms with Crippen molar-refractivity contribution < 1.29 is 14.6 Å². The van der Waals surface area contributed by atoms with Crippen LogP contribution in [0.15, 0.2) is 11.4 Å². The third-order valence-corrected chi connectivity index (χ3v) is 3.48. The molecule has 15 heavy (non-hydrogen) atoms. The average molecular weight is 227 g/mol. The number of hydrogen-bond donors (Lipinski definition) is 2. The van der Waals surface area contributed by atoms with Gasteiger partial charge >= 0.3 is 0 Å². The SMILES string of the molecule is COc1csc(C(=O)NC2(CO)CC2)c1. The zero-order chi connectivity index (χ0) is 10.9. The topological polar surface area (TPSA) is 58.6 Å². The van der Waals surface area contributed by atoms with Gasteiger partial charge in [0.25, 0.3) is 5.91 Å². The van der Waals surface area contributed by atoms with E-state index in [1.807, 2.05) is 0 Å². The second kappa shape index (κ2) is 3.83. The number of carbonyl (C=O) groups is 1. The highest BCUT2D eigenvalue weighted by molar-refractivity contribution is 7.12. The number of amides is 1. The molecule has 5 heteroatoms. The first-order valence-electron chi connectivity index (χ1n) is 4.75. The molecule has 0 radical (unpaired) electrons. The number of carbonyl (C=O) groups excluding carboxylic acids is 1. The summed E-state index contributed by atoms with van der Waals surface area (Å²) < 4.78 is 5.00. The smallest absolute Gasteiger partial charge is 0.261 e. The van der Waals surface area contributed by atoms with Gasteiger partial charge in [0.1, 0.15) is 5.75 Å². The summed E-state index contributed by atoms with van der Waals surface area (Å²) in [5.74, 6) is 0.564. The molecule has 0 aliphatic heterocycles. The maximum absolute atomic E-state index is 11.7. The molecular formula is C10H13NO3S. The highest BCUT2D eigenvalue weighted by atomic mass is 32.1. The van der Waals surface area contributed by atoms with E-state index < -0.39 is 0 Å². The maximum atomic E-state index is 11.7. The molecule has 1 aliphatic rings. The largest absolute Gasteiger partial charge is 0.496 e. The lowest BCUT2D eigenvalue weighted by Crippen LogP contribution is -2.39. The second-order valence-electron chi connectivity index (χ2n) is 3.74. The molecule has 1 fully saturated rings. The summed E-state index contributed by atoms with van der Waals surface area (Å²) in [4.78, 5) is 12.3. The first kappa shape index (κ1) is 10.4. The van der Waals surface area contributed by atoms with Crippen LogP contribution in [0.2, 0.25) is 0 Å². The van der Waals surface area contributed by atoms with Gasteiger partial charge in [-0.2, -0.15) is 0 Å². The van der Waals surface area contributed by atoms with Crippen LogP contribution in [-0.4, -0.2) is 30.3 Å².